The molecule has 0 fully saturated rings. The number of benzene rings is 2. The zero-order valence-electron chi connectivity index (χ0n) is 18.8. The second kappa shape index (κ2) is 15.4. The van der Waals surface area contributed by atoms with Gasteiger partial charge in [0.25, 0.3) is 10.1 Å². The van der Waals surface area contributed by atoms with Gasteiger partial charge in [0.1, 0.15) is 11.5 Å². The van der Waals surface area contributed by atoms with Gasteiger partial charge in [0, 0.05) is 5.56 Å². The third-order valence-electron chi connectivity index (χ3n) is 5.19. The van der Waals surface area contributed by atoms with Gasteiger partial charge in [-0.2, -0.15) is 8.42 Å². The molecule has 0 radical (unpaired) electrons. The Morgan fingerprint density at radius 3 is 1.94 bits per heavy atom. The Hall–Kier alpha value is -0.414. The van der Waals surface area contributed by atoms with E-state index in [1.807, 2.05) is 18.2 Å². The van der Waals surface area contributed by atoms with E-state index >= 15 is 0 Å². The van der Waals surface area contributed by atoms with E-state index in [-0.39, 0.29) is 56.9 Å². The summed E-state index contributed by atoms with van der Waals surface area (Å²) in [6.45, 7) is 2.21. The number of rotatable bonds is 14. The van der Waals surface area contributed by atoms with Crippen LogP contribution in [0.2, 0.25) is 0 Å². The van der Waals surface area contributed by atoms with E-state index in [9.17, 15) is 18.1 Å². The van der Waals surface area contributed by atoms with Gasteiger partial charge in [-0.15, -0.1) is 0 Å². The molecule has 7 heteroatoms. The van der Waals surface area contributed by atoms with Crippen molar-refractivity contribution in [2.24, 2.45) is 0 Å². The van der Waals surface area contributed by atoms with E-state index in [0.717, 1.165) is 31.7 Å². The number of hydrogen-bond acceptors (Lipinski definition) is 4. The summed E-state index contributed by atoms with van der Waals surface area (Å²) in [4.78, 5) is -0.563. The maximum atomic E-state index is 12.2. The monoisotopic (exact) mass is 472 g/mol. The molecule has 0 aliphatic rings. The number of para-hydroxylation sites is 1. The van der Waals surface area contributed by atoms with Crippen molar-refractivity contribution < 1.29 is 74.2 Å². The Balaban J connectivity index is 0.00000480. The molecule has 0 saturated heterocycles. The third-order valence-corrected chi connectivity index (χ3v) is 6.15. The molecule has 0 bridgehead atoms. The minimum absolute atomic E-state index is 0. The quantitative estimate of drug-likeness (QED) is 0.259. The zero-order chi connectivity index (χ0) is 21.8. The van der Waals surface area contributed by atoms with Crippen molar-refractivity contribution in [3.8, 4) is 17.2 Å². The van der Waals surface area contributed by atoms with Crippen LogP contribution in [-0.2, 0) is 16.5 Å². The van der Waals surface area contributed by atoms with Gasteiger partial charge < -0.3 is 9.84 Å². The van der Waals surface area contributed by atoms with Gasteiger partial charge in [0.05, 0.1) is 4.90 Å². The average molecular weight is 473 g/mol. The van der Waals surface area contributed by atoms with E-state index in [1.165, 1.54) is 44.6 Å². The van der Waals surface area contributed by atoms with E-state index < -0.39 is 20.8 Å². The predicted octanol–water partition coefficient (Wildman–Crippen LogP) is 3.27. The molecule has 166 valence electrons. The van der Waals surface area contributed by atoms with Crippen LogP contribution in [0.3, 0.4) is 0 Å². The molecule has 0 aliphatic carbocycles. The van der Waals surface area contributed by atoms with Gasteiger partial charge >= 0.3 is 51.4 Å². The Morgan fingerprint density at radius 1 is 0.839 bits per heavy atom. The molecule has 0 unspecified atom stereocenters. The van der Waals surface area contributed by atoms with Gasteiger partial charge in [-0.05, 0) is 31.0 Å². The van der Waals surface area contributed by atoms with Crippen LogP contribution in [0.4, 0.5) is 0 Å². The maximum absolute atomic E-state index is 12.2. The molecule has 1 N–H and O–H groups in total. The zero-order valence-corrected chi connectivity index (χ0v) is 22.7. The largest absolute Gasteiger partial charge is 1.00 e. The Kier molecular flexibility index (Phi) is 14.2. The summed E-state index contributed by atoms with van der Waals surface area (Å²) in [5, 5.41) is 12.2. The fourth-order valence-electron chi connectivity index (χ4n) is 3.61. The average Bonchev–Trinajstić information content (AvgIpc) is 2.71. The maximum Gasteiger partial charge on any atom is 1.00 e. The molecule has 0 aliphatic heterocycles. The summed E-state index contributed by atoms with van der Waals surface area (Å²) in [6.07, 6.45) is 11.9. The first-order valence-corrected chi connectivity index (χ1v) is 12.4. The fourth-order valence-corrected chi connectivity index (χ4v) is 4.44. The van der Waals surface area contributed by atoms with Gasteiger partial charge in [-0.25, -0.2) is 0 Å². The summed E-state index contributed by atoms with van der Waals surface area (Å²) >= 11 is 0. The molecule has 31 heavy (non-hydrogen) atoms. The van der Waals surface area contributed by atoms with Crippen molar-refractivity contribution in [2.45, 2.75) is 82.4 Å². The van der Waals surface area contributed by atoms with E-state index in [0.29, 0.717) is 17.9 Å². The molecule has 0 aromatic heterocycles. The SMILES string of the molecule is CCCCCCCCCCCCc1c(Oc2ccccc2)ccc([O-])c1S(=O)(=O)O.[K+]. The van der Waals surface area contributed by atoms with Crippen molar-refractivity contribution >= 4 is 10.1 Å². The van der Waals surface area contributed by atoms with Crippen LogP contribution in [0.1, 0.15) is 76.7 Å². The first-order chi connectivity index (χ1) is 14.4. The predicted molar refractivity (Wildman–Crippen MR) is 118 cm³/mol. The molecule has 2 aromatic carbocycles. The van der Waals surface area contributed by atoms with Crippen molar-refractivity contribution in [2.75, 3.05) is 0 Å². The van der Waals surface area contributed by atoms with Crippen LogP contribution >= 0.6 is 0 Å². The van der Waals surface area contributed by atoms with E-state index in [2.05, 4.69) is 6.92 Å². The van der Waals surface area contributed by atoms with E-state index in [4.69, 9.17) is 4.74 Å². The molecule has 0 saturated carbocycles. The molecule has 5 nitrogen and oxygen atoms in total. The Labute approximate surface area is 229 Å². The van der Waals surface area contributed by atoms with Crippen LogP contribution in [0.25, 0.3) is 0 Å². The van der Waals surface area contributed by atoms with Gasteiger partial charge in [0.2, 0.25) is 0 Å². The minimum atomic E-state index is -4.63. The van der Waals surface area contributed by atoms with Crippen LogP contribution < -0.4 is 61.2 Å². The first-order valence-electron chi connectivity index (χ1n) is 11.0. The van der Waals surface area contributed by atoms with Crippen LogP contribution in [0.5, 0.6) is 17.2 Å². The molecule has 0 atom stereocenters. The van der Waals surface area contributed by atoms with Crippen molar-refractivity contribution in [3.05, 3.63) is 48.0 Å². The smallest absolute Gasteiger partial charge is 0.872 e. The third kappa shape index (κ3) is 10.4. The van der Waals surface area contributed by atoms with E-state index in [1.54, 1.807) is 12.1 Å². The molecule has 0 spiro atoms. The molecular weight excluding hydrogens is 439 g/mol. The van der Waals surface area contributed by atoms with Crippen LogP contribution in [-0.4, -0.2) is 13.0 Å². The second-order valence-electron chi connectivity index (χ2n) is 7.69. The van der Waals surface area contributed by atoms with Crippen molar-refractivity contribution in [3.63, 3.8) is 0 Å². The number of ether oxygens (including phenoxy) is 1. The van der Waals surface area contributed by atoms with Crippen LogP contribution in [0.15, 0.2) is 47.4 Å². The van der Waals surface area contributed by atoms with Crippen molar-refractivity contribution in [1.82, 2.24) is 0 Å². The van der Waals surface area contributed by atoms with Gasteiger partial charge in [-0.3, -0.25) is 4.55 Å². The van der Waals surface area contributed by atoms with Gasteiger partial charge in [-0.1, -0.05) is 94.7 Å². The number of unbranched alkanes of at least 4 members (excludes halogenated alkanes) is 9. The molecule has 2 rings (SSSR count). The topological polar surface area (TPSA) is 86.7 Å². The normalized spacial score (nSPS) is 11.2. The molecule has 0 amide bonds. The summed E-state index contributed by atoms with van der Waals surface area (Å²) in [5.74, 6) is 0.131. The Morgan fingerprint density at radius 2 is 1.39 bits per heavy atom. The molecule has 2 aromatic rings. The minimum Gasteiger partial charge on any atom is -0.872 e. The van der Waals surface area contributed by atoms with Crippen molar-refractivity contribution in [1.29, 1.82) is 0 Å². The van der Waals surface area contributed by atoms with Gasteiger partial charge in [0.15, 0.2) is 0 Å². The summed E-state index contributed by atoms with van der Waals surface area (Å²) in [5.41, 5.74) is 0.258. The fraction of sp³-hybridized carbons (Fsp3) is 0.500. The van der Waals surface area contributed by atoms with Crippen LogP contribution in [0, 0.1) is 0 Å². The molecular formula is C24H33KO5S. The standard InChI is InChI=1S/C24H34O5S.K/c1-2-3-4-5-6-7-8-9-10-14-17-21-23(29-20-15-12-11-13-16-20)19-18-22(25)24(21)30(26,27)28;/h11-13,15-16,18-19,25H,2-10,14,17H2,1H3,(H,26,27,28);/q;+1/p-1. The first kappa shape index (κ1) is 28.6. The number of hydrogen-bond donors (Lipinski definition) is 1. The summed E-state index contributed by atoms with van der Waals surface area (Å²) in [7, 11) is -4.63. The summed E-state index contributed by atoms with van der Waals surface area (Å²) < 4.78 is 39.2. The second-order valence-corrected chi connectivity index (χ2v) is 9.05. The Bertz CT molecular complexity index is 869. The summed E-state index contributed by atoms with van der Waals surface area (Å²) in [6, 6.07) is 11.6. The molecule has 0 heterocycles.